The van der Waals surface area contributed by atoms with E-state index in [1.165, 1.54) is 0 Å². The molecule has 1 aliphatic heterocycles. The molecule has 2 heterocycles. The maximum atomic E-state index is 12.8. The van der Waals surface area contributed by atoms with Crippen molar-refractivity contribution in [3.05, 3.63) is 46.2 Å². The van der Waals surface area contributed by atoms with E-state index in [0.717, 1.165) is 35.5 Å². The summed E-state index contributed by atoms with van der Waals surface area (Å²) in [5, 5.41) is 7.70. The van der Waals surface area contributed by atoms with Crippen molar-refractivity contribution >= 4 is 34.2 Å². The van der Waals surface area contributed by atoms with Crippen LogP contribution in [-0.2, 0) is 0 Å². The number of hydrogen-bond donors (Lipinski definition) is 1. The minimum Gasteiger partial charge on any atom is -0.333 e. The second-order valence-corrected chi connectivity index (χ2v) is 6.50. The Kier molecular flexibility index (Phi) is 5.84. The van der Waals surface area contributed by atoms with Crippen molar-refractivity contribution in [3.8, 4) is 5.69 Å². The zero-order valence-corrected chi connectivity index (χ0v) is 15.5. The number of carbonyl (C=O) groups is 1. The predicted octanol–water partition coefficient (Wildman–Crippen LogP) is 2.80. The molecule has 2 aromatic rings. The van der Waals surface area contributed by atoms with Gasteiger partial charge < -0.3 is 10.2 Å². The van der Waals surface area contributed by atoms with Crippen molar-refractivity contribution in [2.24, 2.45) is 0 Å². The highest BCUT2D eigenvalue weighted by atomic mass is 79.9. The second-order valence-electron chi connectivity index (χ2n) is 5.59. The first-order chi connectivity index (χ1) is 10.6. The molecule has 0 saturated carbocycles. The van der Waals surface area contributed by atoms with Crippen LogP contribution in [-0.4, -0.2) is 46.3 Å². The Morgan fingerprint density at radius 3 is 2.91 bits per heavy atom. The van der Waals surface area contributed by atoms with Crippen LogP contribution in [0.25, 0.3) is 5.69 Å². The molecule has 1 aromatic heterocycles. The fourth-order valence-corrected chi connectivity index (χ4v) is 3.17. The summed E-state index contributed by atoms with van der Waals surface area (Å²) < 4.78 is 2.80. The third-order valence-corrected chi connectivity index (χ3v) is 4.55. The van der Waals surface area contributed by atoms with E-state index in [1.807, 2.05) is 40.8 Å². The molecule has 0 radical (unpaired) electrons. The molecule has 1 saturated heterocycles. The molecule has 1 atom stereocenters. The molecule has 1 fully saturated rings. The van der Waals surface area contributed by atoms with Crippen molar-refractivity contribution in [2.45, 2.75) is 19.9 Å². The van der Waals surface area contributed by atoms with Crippen LogP contribution in [0.2, 0.25) is 0 Å². The van der Waals surface area contributed by atoms with Gasteiger partial charge in [0, 0.05) is 30.1 Å². The Morgan fingerprint density at radius 1 is 1.43 bits per heavy atom. The Bertz CT molecular complexity index is 703. The summed E-state index contributed by atoms with van der Waals surface area (Å²) in [5.74, 6) is 0.0627. The van der Waals surface area contributed by atoms with Crippen LogP contribution >= 0.6 is 28.3 Å². The normalized spacial score (nSPS) is 17.7. The number of amides is 1. The number of benzene rings is 1. The first-order valence-electron chi connectivity index (χ1n) is 7.40. The highest BCUT2D eigenvalue weighted by molar-refractivity contribution is 9.10. The zero-order chi connectivity index (χ0) is 15.7. The smallest absolute Gasteiger partial charge is 0.257 e. The zero-order valence-electron chi connectivity index (χ0n) is 13.1. The molecule has 7 heteroatoms. The van der Waals surface area contributed by atoms with Crippen molar-refractivity contribution in [1.29, 1.82) is 0 Å². The van der Waals surface area contributed by atoms with Crippen LogP contribution in [0.5, 0.6) is 0 Å². The van der Waals surface area contributed by atoms with Gasteiger partial charge in [0.05, 0.1) is 23.1 Å². The van der Waals surface area contributed by atoms with E-state index in [2.05, 4.69) is 33.3 Å². The minimum atomic E-state index is 0. The molecule has 5 nitrogen and oxygen atoms in total. The first-order valence-corrected chi connectivity index (χ1v) is 8.19. The summed E-state index contributed by atoms with van der Waals surface area (Å²) in [4.78, 5) is 14.7. The van der Waals surface area contributed by atoms with E-state index in [4.69, 9.17) is 0 Å². The molecule has 0 spiro atoms. The maximum absolute atomic E-state index is 12.8. The van der Waals surface area contributed by atoms with Crippen LogP contribution in [0.1, 0.15) is 23.0 Å². The lowest BCUT2D eigenvalue weighted by Crippen LogP contribution is -2.52. The van der Waals surface area contributed by atoms with Crippen LogP contribution in [0, 0.1) is 6.92 Å². The van der Waals surface area contributed by atoms with Gasteiger partial charge in [-0.05, 0) is 32.0 Å². The molecular formula is C16H20BrClN4O. The molecule has 1 N–H and O–H groups in total. The van der Waals surface area contributed by atoms with E-state index in [0.29, 0.717) is 5.56 Å². The number of nitrogens with zero attached hydrogens (tertiary/aromatic N) is 3. The summed E-state index contributed by atoms with van der Waals surface area (Å²) in [6.07, 6.45) is 1.67. The van der Waals surface area contributed by atoms with Gasteiger partial charge in [0.25, 0.3) is 5.91 Å². The molecule has 124 valence electrons. The van der Waals surface area contributed by atoms with Gasteiger partial charge in [-0.15, -0.1) is 12.4 Å². The molecule has 3 rings (SSSR count). The van der Waals surface area contributed by atoms with Gasteiger partial charge >= 0.3 is 0 Å². The number of nitrogens with one attached hydrogen (secondary N) is 1. The summed E-state index contributed by atoms with van der Waals surface area (Å²) in [6.45, 7) is 6.42. The first kappa shape index (κ1) is 18.0. The highest BCUT2D eigenvalue weighted by Gasteiger charge is 2.26. The number of carbonyl (C=O) groups excluding carboxylic acids is 1. The monoisotopic (exact) mass is 398 g/mol. The van der Waals surface area contributed by atoms with Gasteiger partial charge in [-0.3, -0.25) is 4.79 Å². The third-order valence-electron chi connectivity index (χ3n) is 4.06. The number of piperazine rings is 1. The average Bonchev–Trinajstić information content (AvgIpc) is 2.89. The average molecular weight is 400 g/mol. The molecule has 1 aliphatic rings. The number of hydrogen-bond acceptors (Lipinski definition) is 3. The van der Waals surface area contributed by atoms with E-state index < -0.39 is 0 Å². The van der Waals surface area contributed by atoms with Gasteiger partial charge in [0.1, 0.15) is 0 Å². The van der Waals surface area contributed by atoms with Crippen LogP contribution in [0.3, 0.4) is 0 Å². The predicted molar refractivity (Wildman–Crippen MR) is 96.6 cm³/mol. The second kappa shape index (κ2) is 7.47. The van der Waals surface area contributed by atoms with Gasteiger partial charge in [-0.2, -0.15) is 5.10 Å². The lowest BCUT2D eigenvalue weighted by atomic mass is 10.1. The van der Waals surface area contributed by atoms with E-state index >= 15 is 0 Å². The molecule has 0 unspecified atom stereocenters. The Balaban J connectivity index is 0.00000192. The largest absolute Gasteiger partial charge is 0.333 e. The Labute approximate surface area is 150 Å². The van der Waals surface area contributed by atoms with Crippen LogP contribution in [0.15, 0.2) is 34.9 Å². The van der Waals surface area contributed by atoms with Gasteiger partial charge in [0.15, 0.2) is 0 Å². The summed E-state index contributed by atoms with van der Waals surface area (Å²) in [6, 6.07) is 8.10. The fourth-order valence-electron chi connectivity index (χ4n) is 2.79. The van der Waals surface area contributed by atoms with Gasteiger partial charge in [-0.25, -0.2) is 4.68 Å². The molecule has 23 heavy (non-hydrogen) atoms. The Hall–Kier alpha value is -1.37. The van der Waals surface area contributed by atoms with Crippen molar-refractivity contribution in [3.63, 3.8) is 0 Å². The Morgan fingerprint density at radius 2 is 2.22 bits per heavy atom. The topological polar surface area (TPSA) is 50.2 Å². The molecule has 1 aromatic carbocycles. The van der Waals surface area contributed by atoms with Crippen LogP contribution in [0.4, 0.5) is 0 Å². The maximum Gasteiger partial charge on any atom is 0.257 e. The van der Waals surface area contributed by atoms with E-state index in [1.54, 1.807) is 6.20 Å². The van der Waals surface area contributed by atoms with E-state index in [9.17, 15) is 4.79 Å². The van der Waals surface area contributed by atoms with Gasteiger partial charge in [0.2, 0.25) is 0 Å². The number of aromatic nitrogens is 2. The summed E-state index contributed by atoms with van der Waals surface area (Å²) >= 11 is 3.47. The van der Waals surface area contributed by atoms with Crippen molar-refractivity contribution < 1.29 is 4.79 Å². The fraction of sp³-hybridized carbons (Fsp3) is 0.375. The number of rotatable bonds is 2. The highest BCUT2D eigenvalue weighted by Crippen LogP contribution is 2.20. The molecule has 0 bridgehead atoms. The minimum absolute atomic E-state index is 0. The van der Waals surface area contributed by atoms with Crippen LogP contribution < -0.4 is 5.32 Å². The third kappa shape index (κ3) is 3.59. The van der Waals surface area contributed by atoms with Crippen molar-refractivity contribution in [1.82, 2.24) is 20.0 Å². The lowest BCUT2D eigenvalue weighted by Gasteiger charge is -2.33. The van der Waals surface area contributed by atoms with Crippen molar-refractivity contribution in [2.75, 3.05) is 19.6 Å². The molecule has 1 amide bonds. The number of halogens is 2. The summed E-state index contributed by atoms with van der Waals surface area (Å²) in [5.41, 5.74) is 2.49. The molecule has 0 aliphatic carbocycles. The molecular weight excluding hydrogens is 380 g/mol. The SMILES string of the molecule is Cc1c(C(=O)N2CCNC[C@H]2C)cnn1-c1cccc(Br)c1.Cl. The van der Waals surface area contributed by atoms with E-state index in [-0.39, 0.29) is 24.4 Å². The standard InChI is InChI=1S/C16H19BrN4O.ClH/c1-11-9-18-6-7-20(11)16(22)15-10-19-21(12(15)2)14-5-3-4-13(17)8-14;/h3-5,8,10-11,18H,6-7,9H2,1-2H3;1H/t11-;/m1./s1. The summed E-state index contributed by atoms with van der Waals surface area (Å²) in [7, 11) is 0. The quantitative estimate of drug-likeness (QED) is 0.845. The van der Waals surface area contributed by atoms with Gasteiger partial charge in [-0.1, -0.05) is 22.0 Å². The lowest BCUT2D eigenvalue weighted by molar-refractivity contribution is 0.0655.